The van der Waals surface area contributed by atoms with Crippen LogP contribution in [-0.4, -0.2) is 36.7 Å². The average Bonchev–Trinajstić information content (AvgIpc) is 2.12. The first-order valence-electron chi connectivity index (χ1n) is 5.61. The quantitative estimate of drug-likeness (QED) is 0.458. The van der Waals surface area contributed by atoms with E-state index in [9.17, 15) is 13.2 Å². The van der Waals surface area contributed by atoms with Crippen molar-refractivity contribution in [3.05, 3.63) is 12.2 Å². The smallest absolute Gasteiger partial charge is 0.265 e. The maximum atomic E-state index is 11.2. The van der Waals surface area contributed by atoms with Gasteiger partial charge in [0.25, 0.3) is 10.1 Å². The van der Waals surface area contributed by atoms with Gasteiger partial charge in [0.15, 0.2) is 0 Å². The van der Waals surface area contributed by atoms with Crippen molar-refractivity contribution >= 4 is 16.0 Å². The van der Waals surface area contributed by atoms with Crippen LogP contribution in [0.3, 0.4) is 0 Å². The summed E-state index contributed by atoms with van der Waals surface area (Å²) < 4.78 is 30.6. The SMILES string of the molecule is C=C(C)C(=O)NCCC(CS(=O)(=O)O)C(C)(C)N. The first-order valence-corrected chi connectivity index (χ1v) is 7.22. The Hall–Kier alpha value is -0.920. The highest BCUT2D eigenvalue weighted by Crippen LogP contribution is 2.19. The van der Waals surface area contributed by atoms with Crippen LogP contribution < -0.4 is 11.1 Å². The van der Waals surface area contributed by atoms with Crippen molar-refractivity contribution in [1.29, 1.82) is 0 Å². The summed E-state index contributed by atoms with van der Waals surface area (Å²) in [6.45, 7) is 8.72. The average molecular weight is 278 g/mol. The molecular formula is C11H22N2O4S. The van der Waals surface area contributed by atoms with Crippen molar-refractivity contribution in [2.45, 2.75) is 32.7 Å². The fourth-order valence-corrected chi connectivity index (χ4v) is 2.54. The van der Waals surface area contributed by atoms with Gasteiger partial charge in [-0.05, 0) is 33.1 Å². The van der Waals surface area contributed by atoms with Crippen molar-refractivity contribution in [3.63, 3.8) is 0 Å². The van der Waals surface area contributed by atoms with E-state index in [1.54, 1.807) is 20.8 Å². The van der Waals surface area contributed by atoms with Crippen LogP contribution in [0.5, 0.6) is 0 Å². The summed E-state index contributed by atoms with van der Waals surface area (Å²) in [6.07, 6.45) is 0.363. The molecule has 4 N–H and O–H groups in total. The van der Waals surface area contributed by atoms with E-state index in [0.29, 0.717) is 12.0 Å². The van der Waals surface area contributed by atoms with Crippen molar-refractivity contribution in [2.75, 3.05) is 12.3 Å². The van der Waals surface area contributed by atoms with Gasteiger partial charge in [0.05, 0.1) is 5.75 Å². The predicted molar refractivity (Wildman–Crippen MR) is 70.6 cm³/mol. The molecule has 0 aromatic heterocycles. The molecule has 0 radical (unpaired) electrons. The molecule has 18 heavy (non-hydrogen) atoms. The zero-order chi connectivity index (χ0) is 14.6. The van der Waals surface area contributed by atoms with Gasteiger partial charge in [0, 0.05) is 17.7 Å². The maximum absolute atomic E-state index is 11.2. The Morgan fingerprint density at radius 2 is 2.00 bits per heavy atom. The monoisotopic (exact) mass is 278 g/mol. The van der Waals surface area contributed by atoms with E-state index < -0.39 is 27.3 Å². The number of hydrogen-bond donors (Lipinski definition) is 3. The predicted octanol–water partition coefficient (Wildman–Crippen LogP) is 0.310. The van der Waals surface area contributed by atoms with Crippen LogP contribution in [0.2, 0.25) is 0 Å². The number of amides is 1. The van der Waals surface area contributed by atoms with Crippen molar-refractivity contribution in [2.24, 2.45) is 11.7 Å². The van der Waals surface area contributed by atoms with Crippen molar-refractivity contribution < 1.29 is 17.8 Å². The van der Waals surface area contributed by atoms with Gasteiger partial charge in [-0.3, -0.25) is 9.35 Å². The topological polar surface area (TPSA) is 109 Å². The number of rotatable bonds is 7. The minimum atomic E-state index is -4.08. The Labute approximate surface area is 108 Å². The number of hydrogen-bond acceptors (Lipinski definition) is 4. The molecule has 0 saturated heterocycles. The molecule has 0 heterocycles. The molecule has 0 aromatic rings. The third-order valence-corrected chi connectivity index (χ3v) is 3.45. The summed E-state index contributed by atoms with van der Waals surface area (Å²) in [4.78, 5) is 11.2. The second-order valence-corrected chi connectivity index (χ2v) is 6.59. The standard InChI is InChI=1S/C11H22N2O4S/c1-8(2)10(14)13-6-5-9(11(3,4)12)7-18(15,16)17/h9H,1,5-7,12H2,2-4H3,(H,13,14)(H,15,16,17). The third kappa shape index (κ3) is 7.41. The summed E-state index contributed by atoms with van der Waals surface area (Å²) >= 11 is 0. The Bertz CT molecular complexity index is 409. The van der Waals surface area contributed by atoms with Crippen LogP contribution in [0.25, 0.3) is 0 Å². The number of carbonyl (C=O) groups excluding carboxylic acids is 1. The van der Waals surface area contributed by atoms with E-state index in [0.717, 1.165) is 0 Å². The van der Waals surface area contributed by atoms with Gasteiger partial charge in [0.1, 0.15) is 0 Å². The molecule has 1 amide bonds. The minimum Gasteiger partial charge on any atom is -0.352 e. The third-order valence-electron chi connectivity index (χ3n) is 2.63. The van der Waals surface area contributed by atoms with E-state index in [2.05, 4.69) is 11.9 Å². The molecule has 0 aliphatic heterocycles. The highest BCUT2D eigenvalue weighted by Gasteiger charge is 2.29. The summed E-state index contributed by atoms with van der Waals surface area (Å²) in [7, 11) is -4.08. The fraction of sp³-hybridized carbons (Fsp3) is 0.727. The van der Waals surface area contributed by atoms with E-state index >= 15 is 0 Å². The molecule has 0 bridgehead atoms. The summed E-state index contributed by atoms with van der Waals surface area (Å²) in [6, 6.07) is 0. The molecular weight excluding hydrogens is 256 g/mol. The minimum absolute atomic E-state index is 0.282. The molecule has 0 aromatic carbocycles. The number of carbonyl (C=O) groups is 1. The fourth-order valence-electron chi connectivity index (χ4n) is 1.44. The van der Waals surface area contributed by atoms with Crippen molar-refractivity contribution in [3.8, 4) is 0 Å². The van der Waals surface area contributed by atoms with Crippen LogP contribution >= 0.6 is 0 Å². The molecule has 7 heteroatoms. The first-order chi connectivity index (χ1) is 7.93. The molecule has 1 atom stereocenters. The summed E-state index contributed by atoms with van der Waals surface area (Å²) in [5, 5.41) is 2.60. The lowest BCUT2D eigenvalue weighted by atomic mass is 9.87. The second kappa shape index (κ2) is 6.31. The van der Waals surface area contributed by atoms with E-state index in [-0.39, 0.29) is 12.5 Å². The number of nitrogens with two attached hydrogens (primary N) is 1. The van der Waals surface area contributed by atoms with Gasteiger partial charge in [0.2, 0.25) is 5.91 Å². The Kier molecular flexibility index (Phi) is 5.98. The molecule has 1 unspecified atom stereocenters. The largest absolute Gasteiger partial charge is 0.352 e. The molecule has 0 aliphatic carbocycles. The van der Waals surface area contributed by atoms with Crippen molar-refractivity contribution in [1.82, 2.24) is 5.32 Å². The van der Waals surface area contributed by atoms with Gasteiger partial charge in [-0.2, -0.15) is 8.42 Å². The van der Waals surface area contributed by atoms with Gasteiger partial charge < -0.3 is 11.1 Å². The van der Waals surface area contributed by atoms with Gasteiger partial charge in [-0.1, -0.05) is 6.58 Å². The molecule has 0 rings (SSSR count). The molecule has 6 nitrogen and oxygen atoms in total. The second-order valence-electron chi connectivity index (χ2n) is 5.09. The van der Waals surface area contributed by atoms with Crippen LogP contribution in [0, 0.1) is 5.92 Å². The lowest BCUT2D eigenvalue weighted by molar-refractivity contribution is -0.117. The molecule has 0 aliphatic rings. The van der Waals surface area contributed by atoms with E-state index in [1.165, 1.54) is 0 Å². The molecule has 0 fully saturated rings. The normalized spacial score (nSPS) is 14.1. The van der Waals surface area contributed by atoms with Crippen LogP contribution in [0.15, 0.2) is 12.2 Å². The zero-order valence-electron chi connectivity index (χ0n) is 11.1. The highest BCUT2D eigenvalue weighted by atomic mass is 32.2. The van der Waals surface area contributed by atoms with Crippen LogP contribution in [-0.2, 0) is 14.9 Å². The summed E-state index contributed by atoms with van der Waals surface area (Å²) in [5.74, 6) is -1.15. The highest BCUT2D eigenvalue weighted by molar-refractivity contribution is 7.85. The Morgan fingerprint density at radius 3 is 2.33 bits per heavy atom. The van der Waals surface area contributed by atoms with E-state index in [1.807, 2.05) is 0 Å². The molecule has 0 saturated carbocycles. The zero-order valence-corrected chi connectivity index (χ0v) is 11.9. The first kappa shape index (κ1) is 17.1. The van der Waals surface area contributed by atoms with Crippen LogP contribution in [0.1, 0.15) is 27.2 Å². The van der Waals surface area contributed by atoms with Crippen LogP contribution in [0.4, 0.5) is 0 Å². The number of nitrogens with one attached hydrogen (secondary N) is 1. The molecule has 0 spiro atoms. The maximum Gasteiger partial charge on any atom is 0.265 e. The Morgan fingerprint density at radius 1 is 1.50 bits per heavy atom. The Balaban J connectivity index is 4.46. The van der Waals surface area contributed by atoms with Gasteiger partial charge >= 0.3 is 0 Å². The van der Waals surface area contributed by atoms with Gasteiger partial charge in [-0.15, -0.1) is 0 Å². The molecule has 106 valence electrons. The lowest BCUT2D eigenvalue weighted by Gasteiger charge is -2.29. The summed E-state index contributed by atoms with van der Waals surface area (Å²) in [5.41, 5.74) is 5.48. The van der Waals surface area contributed by atoms with Gasteiger partial charge in [-0.25, -0.2) is 0 Å². The van der Waals surface area contributed by atoms with E-state index in [4.69, 9.17) is 10.3 Å². The lowest BCUT2D eigenvalue weighted by Crippen LogP contribution is -2.45.